The van der Waals surface area contributed by atoms with Crippen LogP contribution in [0.15, 0.2) is 36.5 Å². The van der Waals surface area contributed by atoms with Crippen molar-refractivity contribution >= 4 is 29.0 Å². The number of amides is 1. The minimum atomic E-state index is -0.409. The van der Waals surface area contributed by atoms with Crippen LogP contribution in [-0.4, -0.2) is 43.7 Å². The molecule has 0 radical (unpaired) electrons. The molecule has 1 atom stereocenters. The molecular formula is C24H28ClN5O2. The average molecular weight is 454 g/mol. The lowest BCUT2D eigenvalue weighted by molar-refractivity contribution is -0.120. The molecule has 2 saturated heterocycles. The SMILES string of the molecule is N#CC1(CNc2cccc(-c3cc(NC(=O)C4CCCNC4)ncc3Cl)c2)CCOCC1. The number of benzene rings is 1. The number of ether oxygens (including phenoxy) is 1. The van der Waals surface area contributed by atoms with Gasteiger partial charge in [0.2, 0.25) is 5.91 Å². The number of hydrogen-bond donors (Lipinski definition) is 3. The molecule has 2 aromatic rings. The number of halogens is 1. The van der Waals surface area contributed by atoms with E-state index in [1.165, 1.54) is 0 Å². The molecule has 1 aromatic heterocycles. The van der Waals surface area contributed by atoms with Crippen LogP contribution in [0.2, 0.25) is 5.02 Å². The van der Waals surface area contributed by atoms with Crippen LogP contribution in [0.25, 0.3) is 11.1 Å². The first-order valence-corrected chi connectivity index (χ1v) is 11.5. The Morgan fingerprint density at radius 3 is 2.94 bits per heavy atom. The van der Waals surface area contributed by atoms with E-state index < -0.39 is 5.41 Å². The molecule has 32 heavy (non-hydrogen) atoms. The Bertz CT molecular complexity index is 994. The van der Waals surface area contributed by atoms with Crippen LogP contribution in [0.5, 0.6) is 0 Å². The molecular weight excluding hydrogens is 426 g/mol. The third-order valence-electron chi connectivity index (χ3n) is 6.27. The maximum atomic E-state index is 12.6. The third-order valence-corrected chi connectivity index (χ3v) is 6.57. The number of hydrogen-bond acceptors (Lipinski definition) is 6. The lowest BCUT2D eigenvalue weighted by Gasteiger charge is -2.31. The highest BCUT2D eigenvalue weighted by molar-refractivity contribution is 6.33. The molecule has 3 N–H and O–H groups in total. The normalized spacial score (nSPS) is 20.2. The Morgan fingerprint density at radius 2 is 2.19 bits per heavy atom. The average Bonchev–Trinajstić information content (AvgIpc) is 2.85. The van der Waals surface area contributed by atoms with Gasteiger partial charge >= 0.3 is 0 Å². The summed E-state index contributed by atoms with van der Waals surface area (Å²) in [6.45, 7) is 3.45. The van der Waals surface area contributed by atoms with Gasteiger partial charge in [0.05, 0.1) is 22.4 Å². The van der Waals surface area contributed by atoms with Gasteiger partial charge in [-0.3, -0.25) is 4.79 Å². The molecule has 2 aliphatic heterocycles. The zero-order valence-corrected chi connectivity index (χ0v) is 18.8. The Kier molecular flexibility index (Phi) is 7.26. The molecule has 0 aliphatic carbocycles. The molecule has 2 fully saturated rings. The zero-order valence-electron chi connectivity index (χ0n) is 18.0. The lowest BCUT2D eigenvalue weighted by Crippen LogP contribution is -2.37. The van der Waals surface area contributed by atoms with Gasteiger partial charge in [-0.15, -0.1) is 0 Å². The third kappa shape index (κ3) is 5.39. The first-order chi connectivity index (χ1) is 15.6. The monoisotopic (exact) mass is 453 g/mol. The van der Waals surface area contributed by atoms with Gasteiger partial charge in [-0.05, 0) is 56.0 Å². The van der Waals surface area contributed by atoms with Crippen LogP contribution in [0.3, 0.4) is 0 Å². The second-order valence-corrected chi connectivity index (χ2v) is 8.93. The van der Waals surface area contributed by atoms with Gasteiger partial charge < -0.3 is 20.7 Å². The largest absolute Gasteiger partial charge is 0.383 e. The fourth-order valence-corrected chi connectivity index (χ4v) is 4.40. The van der Waals surface area contributed by atoms with Crippen molar-refractivity contribution in [1.29, 1.82) is 5.26 Å². The molecule has 0 saturated carbocycles. The van der Waals surface area contributed by atoms with E-state index in [0.29, 0.717) is 37.1 Å². The molecule has 8 heteroatoms. The zero-order chi connectivity index (χ0) is 22.4. The first kappa shape index (κ1) is 22.5. The molecule has 168 valence electrons. The number of carbonyl (C=O) groups is 1. The predicted molar refractivity (Wildman–Crippen MR) is 125 cm³/mol. The number of anilines is 2. The molecule has 7 nitrogen and oxygen atoms in total. The van der Waals surface area contributed by atoms with Crippen molar-refractivity contribution in [2.24, 2.45) is 11.3 Å². The Hall–Kier alpha value is -2.66. The van der Waals surface area contributed by atoms with Gasteiger partial charge in [0.15, 0.2) is 0 Å². The van der Waals surface area contributed by atoms with Crippen LogP contribution in [0, 0.1) is 22.7 Å². The van der Waals surface area contributed by atoms with Gasteiger partial charge in [0, 0.05) is 43.8 Å². The van der Waals surface area contributed by atoms with Crippen molar-refractivity contribution < 1.29 is 9.53 Å². The van der Waals surface area contributed by atoms with Crippen molar-refractivity contribution in [1.82, 2.24) is 10.3 Å². The molecule has 1 aromatic carbocycles. The van der Waals surface area contributed by atoms with Crippen molar-refractivity contribution in [3.8, 4) is 17.2 Å². The van der Waals surface area contributed by atoms with Crippen molar-refractivity contribution in [2.45, 2.75) is 25.7 Å². The van der Waals surface area contributed by atoms with Crippen LogP contribution in [0.4, 0.5) is 11.5 Å². The summed E-state index contributed by atoms with van der Waals surface area (Å²) >= 11 is 6.45. The molecule has 0 spiro atoms. The number of nitriles is 1. The van der Waals surface area contributed by atoms with Crippen LogP contribution in [-0.2, 0) is 9.53 Å². The molecule has 1 unspecified atom stereocenters. The van der Waals surface area contributed by atoms with E-state index in [0.717, 1.165) is 49.0 Å². The van der Waals surface area contributed by atoms with Crippen LogP contribution >= 0.6 is 11.6 Å². The maximum Gasteiger partial charge on any atom is 0.229 e. The maximum absolute atomic E-state index is 12.6. The summed E-state index contributed by atoms with van der Waals surface area (Å²) in [7, 11) is 0. The topological polar surface area (TPSA) is 99.1 Å². The second kappa shape index (κ2) is 10.3. The van der Waals surface area contributed by atoms with Gasteiger partial charge in [0.1, 0.15) is 5.82 Å². The van der Waals surface area contributed by atoms with Gasteiger partial charge in [-0.1, -0.05) is 23.7 Å². The highest BCUT2D eigenvalue weighted by atomic mass is 35.5. The minimum absolute atomic E-state index is 0.0216. The van der Waals surface area contributed by atoms with E-state index in [1.54, 1.807) is 6.20 Å². The summed E-state index contributed by atoms with van der Waals surface area (Å²) in [6.07, 6.45) is 4.90. The fraction of sp³-hybridized carbons (Fsp3) is 0.458. The van der Waals surface area contributed by atoms with Crippen LogP contribution < -0.4 is 16.0 Å². The van der Waals surface area contributed by atoms with E-state index in [4.69, 9.17) is 16.3 Å². The van der Waals surface area contributed by atoms with Crippen molar-refractivity contribution in [3.05, 3.63) is 41.6 Å². The molecule has 1 amide bonds. The number of rotatable bonds is 6. The molecule has 3 heterocycles. The summed E-state index contributed by atoms with van der Waals surface area (Å²) in [5.74, 6) is 0.422. The van der Waals surface area contributed by atoms with E-state index >= 15 is 0 Å². The summed E-state index contributed by atoms with van der Waals surface area (Å²) in [5, 5.41) is 19.8. The standard InChI is InChI=1S/C24H28ClN5O2/c25-21-14-28-22(30-23(31)18-4-2-8-27-13-18)12-20(21)17-3-1-5-19(11-17)29-16-24(15-26)6-9-32-10-7-24/h1,3,5,11-12,14,18,27,29H,2,4,6-10,13,16H2,(H,28,30,31). The van der Waals surface area contributed by atoms with E-state index in [9.17, 15) is 10.1 Å². The summed E-state index contributed by atoms with van der Waals surface area (Å²) < 4.78 is 5.41. The predicted octanol–water partition coefficient (Wildman–Crippen LogP) is 4.07. The van der Waals surface area contributed by atoms with Gasteiger partial charge in [-0.2, -0.15) is 5.26 Å². The molecule has 4 rings (SSSR count). The summed E-state index contributed by atoms with van der Waals surface area (Å²) in [4.78, 5) is 16.9. The number of nitrogens with zero attached hydrogens (tertiary/aromatic N) is 2. The lowest BCUT2D eigenvalue weighted by atomic mass is 9.81. The number of carbonyl (C=O) groups excluding carboxylic acids is 1. The molecule has 2 aliphatic rings. The highest BCUT2D eigenvalue weighted by Gasteiger charge is 2.32. The van der Waals surface area contributed by atoms with Crippen molar-refractivity contribution in [3.63, 3.8) is 0 Å². The number of aromatic nitrogens is 1. The smallest absolute Gasteiger partial charge is 0.229 e. The Morgan fingerprint density at radius 1 is 1.34 bits per heavy atom. The quantitative estimate of drug-likeness (QED) is 0.609. The highest BCUT2D eigenvalue weighted by Crippen LogP contribution is 2.33. The number of pyridine rings is 1. The van der Waals surface area contributed by atoms with Crippen LogP contribution in [0.1, 0.15) is 25.7 Å². The van der Waals surface area contributed by atoms with Crippen molar-refractivity contribution in [2.75, 3.05) is 43.5 Å². The fourth-order valence-electron chi connectivity index (χ4n) is 4.19. The second-order valence-electron chi connectivity index (χ2n) is 8.52. The first-order valence-electron chi connectivity index (χ1n) is 11.1. The van der Waals surface area contributed by atoms with E-state index in [-0.39, 0.29) is 11.8 Å². The van der Waals surface area contributed by atoms with E-state index in [1.807, 2.05) is 30.3 Å². The number of nitrogens with one attached hydrogen (secondary N) is 3. The van der Waals surface area contributed by atoms with Gasteiger partial charge in [0.25, 0.3) is 0 Å². The van der Waals surface area contributed by atoms with E-state index in [2.05, 4.69) is 27.0 Å². The summed E-state index contributed by atoms with van der Waals surface area (Å²) in [6, 6.07) is 12.2. The molecule has 0 bridgehead atoms. The Labute approximate surface area is 193 Å². The Balaban J connectivity index is 1.48. The summed E-state index contributed by atoms with van der Waals surface area (Å²) in [5.41, 5.74) is 2.21. The number of piperidine rings is 1. The minimum Gasteiger partial charge on any atom is -0.383 e. The van der Waals surface area contributed by atoms with Gasteiger partial charge in [-0.25, -0.2) is 4.98 Å².